The summed E-state index contributed by atoms with van der Waals surface area (Å²) < 4.78 is 0. The highest BCUT2D eigenvalue weighted by atomic mass is 15.1. The molecule has 6 heteroatoms. The van der Waals surface area contributed by atoms with E-state index >= 15 is 0 Å². The molecule has 0 bridgehead atoms. The van der Waals surface area contributed by atoms with E-state index in [2.05, 4.69) is 50.2 Å². The van der Waals surface area contributed by atoms with Crippen LogP contribution >= 0.6 is 0 Å². The minimum Gasteiger partial charge on any atom is -0.345 e. The molecule has 0 fully saturated rings. The van der Waals surface area contributed by atoms with Crippen molar-refractivity contribution in [3.05, 3.63) is 72.1 Å². The summed E-state index contributed by atoms with van der Waals surface area (Å²) in [5.74, 6) is 0.543. The molecule has 0 saturated carbocycles. The third kappa shape index (κ3) is 3.17. The predicted molar refractivity (Wildman–Crippen MR) is 104 cm³/mol. The van der Waals surface area contributed by atoms with Crippen LogP contribution in [-0.4, -0.2) is 24.9 Å². The van der Waals surface area contributed by atoms with E-state index in [1.807, 2.05) is 36.8 Å². The van der Waals surface area contributed by atoms with Crippen LogP contribution in [0.2, 0.25) is 0 Å². The standard InChI is InChI=1S/C20H18N6/c1-13-3-6-22-10-15(13)9-14(2)17-11-23-19-18(17)12-24-20(26-19)25-16-4-7-21-8-5-16/h3-12H,1-2H3,(H2,21,23,24,25,26)/b14-9+. The lowest BCUT2D eigenvalue weighted by atomic mass is 10.0. The quantitative estimate of drug-likeness (QED) is 0.576. The Kier molecular flexibility index (Phi) is 4.15. The van der Waals surface area contributed by atoms with Gasteiger partial charge in [-0.1, -0.05) is 0 Å². The second kappa shape index (κ2) is 6.76. The number of H-pyrrole nitrogens is 1. The van der Waals surface area contributed by atoms with Crippen molar-refractivity contribution in [2.45, 2.75) is 13.8 Å². The summed E-state index contributed by atoms with van der Waals surface area (Å²) in [5.41, 5.74) is 6.21. The minimum absolute atomic E-state index is 0.543. The lowest BCUT2D eigenvalue weighted by Crippen LogP contribution is -1.96. The van der Waals surface area contributed by atoms with Crippen LogP contribution in [0.5, 0.6) is 0 Å². The van der Waals surface area contributed by atoms with E-state index < -0.39 is 0 Å². The smallest absolute Gasteiger partial charge is 0.229 e. The van der Waals surface area contributed by atoms with Gasteiger partial charge in [-0.2, -0.15) is 4.98 Å². The molecule has 0 aliphatic carbocycles. The molecule has 0 unspecified atom stereocenters. The van der Waals surface area contributed by atoms with Crippen molar-refractivity contribution in [2.75, 3.05) is 5.32 Å². The fourth-order valence-electron chi connectivity index (χ4n) is 2.80. The Balaban J connectivity index is 1.66. The highest BCUT2D eigenvalue weighted by molar-refractivity contribution is 5.94. The van der Waals surface area contributed by atoms with Crippen molar-refractivity contribution in [1.82, 2.24) is 24.9 Å². The molecule has 4 aromatic heterocycles. The van der Waals surface area contributed by atoms with Gasteiger partial charge in [0, 0.05) is 53.8 Å². The second-order valence-corrected chi connectivity index (χ2v) is 6.08. The van der Waals surface area contributed by atoms with Gasteiger partial charge in [-0.25, -0.2) is 4.98 Å². The van der Waals surface area contributed by atoms with E-state index in [1.165, 1.54) is 5.56 Å². The van der Waals surface area contributed by atoms with E-state index in [-0.39, 0.29) is 0 Å². The fourth-order valence-corrected chi connectivity index (χ4v) is 2.80. The van der Waals surface area contributed by atoms with Crippen molar-refractivity contribution in [1.29, 1.82) is 0 Å². The Morgan fingerprint density at radius 2 is 1.88 bits per heavy atom. The second-order valence-electron chi connectivity index (χ2n) is 6.08. The Morgan fingerprint density at radius 3 is 2.69 bits per heavy atom. The van der Waals surface area contributed by atoms with Gasteiger partial charge in [-0.15, -0.1) is 0 Å². The van der Waals surface area contributed by atoms with Gasteiger partial charge in [0.25, 0.3) is 0 Å². The molecule has 128 valence electrons. The van der Waals surface area contributed by atoms with E-state index in [4.69, 9.17) is 0 Å². The summed E-state index contributed by atoms with van der Waals surface area (Å²) in [6.07, 6.45) is 13.1. The number of aryl methyl sites for hydroxylation is 1. The zero-order valence-electron chi connectivity index (χ0n) is 14.6. The zero-order chi connectivity index (χ0) is 17.9. The van der Waals surface area contributed by atoms with Crippen LogP contribution < -0.4 is 5.32 Å². The molecule has 4 rings (SSSR count). The van der Waals surface area contributed by atoms with Crippen LogP contribution in [0.1, 0.15) is 23.6 Å². The highest BCUT2D eigenvalue weighted by Crippen LogP contribution is 2.26. The Hall–Kier alpha value is -3.54. The lowest BCUT2D eigenvalue weighted by Gasteiger charge is -2.05. The normalized spacial score (nSPS) is 11.7. The fraction of sp³-hybridized carbons (Fsp3) is 0.100. The first-order valence-electron chi connectivity index (χ1n) is 8.31. The third-order valence-electron chi connectivity index (χ3n) is 4.25. The summed E-state index contributed by atoms with van der Waals surface area (Å²) in [6.45, 7) is 4.16. The van der Waals surface area contributed by atoms with Gasteiger partial charge in [0.2, 0.25) is 5.95 Å². The topological polar surface area (TPSA) is 79.4 Å². The number of hydrogen-bond acceptors (Lipinski definition) is 5. The van der Waals surface area contributed by atoms with Crippen LogP contribution in [-0.2, 0) is 0 Å². The Bertz CT molecular complexity index is 1080. The van der Waals surface area contributed by atoms with Crippen molar-refractivity contribution in [2.24, 2.45) is 0 Å². The maximum atomic E-state index is 4.56. The molecular formula is C20H18N6. The van der Waals surface area contributed by atoms with Gasteiger partial charge in [0.1, 0.15) is 5.65 Å². The number of fused-ring (bicyclic) bond motifs is 1. The summed E-state index contributed by atoms with van der Waals surface area (Å²) in [5, 5.41) is 4.16. The predicted octanol–water partition coefficient (Wildman–Crippen LogP) is 4.36. The molecule has 0 amide bonds. The van der Waals surface area contributed by atoms with Gasteiger partial charge in [-0.3, -0.25) is 9.97 Å². The molecule has 4 aromatic rings. The summed E-state index contributed by atoms with van der Waals surface area (Å²) >= 11 is 0. The van der Waals surface area contributed by atoms with Gasteiger partial charge in [0.15, 0.2) is 0 Å². The van der Waals surface area contributed by atoms with Crippen molar-refractivity contribution >= 4 is 34.3 Å². The van der Waals surface area contributed by atoms with E-state index in [9.17, 15) is 0 Å². The molecule has 0 atom stereocenters. The molecule has 0 saturated heterocycles. The average Bonchev–Trinajstić information content (AvgIpc) is 3.08. The number of nitrogens with zero attached hydrogens (tertiary/aromatic N) is 4. The number of hydrogen-bond donors (Lipinski definition) is 2. The van der Waals surface area contributed by atoms with Crippen LogP contribution in [0.15, 0.2) is 55.4 Å². The molecule has 0 radical (unpaired) electrons. The summed E-state index contributed by atoms with van der Waals surface area (Å²) in [7, 11) is 0. The molecule has 6 nitrogen and oxygen atoms in total. The number of anilines is 2. The molecule has 4 heterocycles. The lowest BCUT2D eigenvalue weighted by molar-refractivity contribution is 1.19. The Labute approximate surface area is 151 Å². The number of pyridine rings is 2. The van der Waals surface area contributed by atoms with Crippen LogP contribution in [0, 0.1) is 6.92 Å². The molecule has 0 aromatic carbocycles. The zero-order valence-corrected chi connectivity index (χ0v) is 14.6. The van der Waals surface area contributed by atoms with E-state index in [1.54, 1.807) is 18.6 Å². The van der Waals surface area contributed by atoms with Crippen molar-refractivity contribution in [3.63, 3.8) is 0 Å². The molecule has 26 heavy (non-hydrogen) atoms. The van der Waals surface area contributed by atoms with Gasteiger partial charge in [0.05, 0.1) is 0 Å². The van der Waals surface area contributed by atoms with Crippen molar-refractivity contribution < 1.29 is 0 Å². The minimum atomic E-state index is 0.543. The van der Waals surface area contributed by atoms with Crippen LogP contribution in [0.3, 0.4) is 0 Å². The Morgan fingerprint density at radius 1 is 1.08 bits per heavy atom. The molecule has 0 aliphatic heterocycles. The molecule has 2 N–H and O–H groups in total. The number of nitrogens with one attached hydrogen (secondary N) is 2. The monoisotopic (exact) mass is 342 g/mol. The van der Waals surface area contributed by atoms with Gasteiger partial charge in [-0.05, 0) is 54.8 Å². The maximum Gasteiger partial charge on any atom is 0.229 e. The first kappa shape index (κ1) is 16.0. The number of aromatic nitrogens is 5. The number of aromatic amines is 1. The summed E-state index contributed by atoms with van der Waals surface area (Å²) in [6, 6.07) is 5.75. The van der Waals surface area contributed by atoms with Gasteiger partial charge < -0.3 is 10.3 Å². The van der Waals surface area contributed by atoms with E-state index in [0.717, 1.165) is 33.4 Å². The largest absolute Gasteiger partial charge is 0.345 e. The number of allylic oxidation sites excluding steroid dienone is 1. The third-order valence-corrected chi connectivity index (χ3v) is 4.25. The highest BCUT2D eigenvalue weighted by Gasteiger charge is 2.09. The number of rotatable bonds is 4. The molecular weight excluding hydrogens is 324 g/mol. The van der Waals surface area contributed by atoms with Crippen LogP contribution in [0.25, 0.3) is 22.7 Å². The SMILES string of the molecule is C/C(=C\c1cnccc1C)c1c[nH]c2nc(Nc3ccncc3)ncc12. The average molecular weight is 342 g/mol. The van der Waals surface area contributed by atoms with Crippen molar-refractivity contribution in [3.8, 4) is 0 Å². The first-order chi connectivity index (χ1) is 12.7. The molecule has 0 spiro atoms. The summed E-state index contributed by atoms with van der Waals surface area (Å²) in [4.78, 5) is 20.4. The maximum absolute atomic E-state index is 4.56. The molecule has 0 aliphatic rings. The van der Waals surface area contributed by atoms with Crippen LogP contribution in [0.4, 0.5) is 11.6 Å². The van der Waals surface area contributed by atoms with E-state index in [0.29, 0.717) is 5.95 Å². The first-order valence-corrected chi connectivity index (χ1v) is 8.31. The van der Waals surface area contributed by atoms with Gasteiger partial charge >= 0.3 is 0 Å².